The van der Waals surface area contributed by atoms with Gasteiger partial charge in [-0.1, -0.05) is 49.2 Å². The predicted molar refractivity (Wildman–Crippen MR) is 158 cm³/mol. The first-order valence-corrected chi connectivity index (χ1v) is 15.0. The SMILES string of the molecule is CCCCNC(=O)C(C)N(Cc1ccc(F)cc1)C(=O)CN(c1cc(C)ccc1OC)S(=O)(=O)c1ccc(C)cc1. The predicted octanol–water partition coefficient (Wildman–Crippen LogP) is 4.98. The number of hydrogen-bond acceptors (Lipinski definition) is 5. The summed E-state index contributed by atoms with van der Waals surface area (Å²) in [5.41, 5.74) is 2.44. The lowest BCUT2D eigenvalue weighted by Crippen LogP contribution is -2.51. The van der Waals surface area contributed by atoms with E-state index in [-0.39, 0.29) is 28.8 Å². The highest BCUT2D eigenvalue weighted by Gasteiger charge is 2.33. The first kappa shape index (κ1) is 31.6. The van der Waals surface area contributed by atoms with Gasteiger partial charge in [-0.15, -0.1) is 0 Å². The molecule has 0 aliphatic heterocycles. The molecule has 0 bridgehead atoms. The minimum absolute atomic E-state index is 0.00917. The number of aryl methyl sites for hydroxylation is 2. The minimum Gasteiger partial charge on any atom is -0.495 e. The van der Waals surface area contributed by atoms with Crippen molar-refractivity contribution < 1.29 is 27.1 Å². The van der Waals surface area contributed by atoms with Crippen molar-refractivity contribution in [2.24, 2.45) is 0 Å². The lowest BCUT2D eigenvalue weighted by atomic mass is 10.1. The van der Waals surface area contributed by atoms with E-state index in [1.807, 2.05) is 20.8 Å². The lowest BCUT2D eigenvalue weighted by molar-refractivity contribution is -0.139. The smallest absolute Gasteiger partial charge is 0.264 e. The highest BCUT2D eigenvalue weighted by molar-refractivity contribution is 7.92. The van der Waals surface area contributed by atoms with Crippen LogP contribution in [0.4, 0.5) is 10.1 Å². The molecule has 1 unspecified atom stereocenters. The number of ether oxygens (including phenoxy) is 1. The zero-order valence-corrected chi connectivity index (χ0v) is 25.0. The van der Waals surface area contributed by atoms with Crippen molar-refractivity contribution in [3.05, 3.63) is 89.2 Å². The number of nitrogens with zero attached hydrogens (tertiary/aromatic N) is 2. The molecule has 0 saturated heterocycles. The second-order valence-corrected chi connectivity index (χ2v) is 11.8. The Labute approximate surface area is 242 Å². The largest absolute Gasteiger partial charge is 0.495 e. The average molecular weight is 584 g/mol. The molecule has 3 aromatic carbocycles. The minimum atomic E-state index is -4.24. The van der Waals surface area contributed by atoms with Crippen LogP contribution in [0.2, 0.25) is 0 Å². The van der Waals surface area contributed by atoms with Crippen LogP contribution in [0.1, 0.15) is 43.4 Å². The van der Waals surface area contributed by atoms with Crippen LogP contribution in [-0.4, -0.2) is 51.4 Å². The first-order valence-electron chi connectivity index (χ1n) is 13.5. The van der Waals surface area contributed by atoms with E-state index < -0.39 is 34.3 Å². The van der Waals surface area contributed by atoms with Crippen LogP contribution in [0, 0.1) is 19.7 Å². The van der Waals surface area contributed by atoms with Crippen LogP contribution in [-0.2, 0) is 26.2 Å². The zero-order chi connectivity index (χ0) is 30.2. The van der Waals surface area contributed by atoms with Gasteiger partial charge in [0.1, 0.15) is 24.2 Å². The fourth-order valence-electron chi connectivity index (χ4n) is 4.25. The fourth-order valence-corrected chi connectivity index (χ4v) is 5.67. The van der Waals surface area contributed by atoms with E-state index in [2.05, 4.69) is 5.32 Å². The molecule has 0 aliphatic carbocycles. The molecule has 2 amide bonds. The Balaban J connectivity index is 2.06. The van der Waals surface area contributed by atoms with Gasteiger partial charge in [-0.25, -0.2) is 12.8 Å². The van der Waals surface area contributed by atoms with Crippen molar-refractivity contribution in [3.8, 4) is 5.75 Å². The Morgan fingerprint density at radius 2 is 1.61 bits per heavy atom. The second-order valence-electron chi connectivity index (χ2n) is 9.97. The normalized spacial score (nSPS) is 12.0. The molecule has 0 radical (unpaired) electrons. The summed E-state index contributed by atoms with van der Waals surface area (Å²) >= 11 is 0. The Morgan fingerprint density at radius 1 is 0.976 bits per heavy atom. The number of carbonyl (C=O) groups excluding carboxylic acids is 2. The molecular formula is C31H38FN3O5S. The number of halogens is 1. The number of rotatable bonds is 13. The molecule has 1 atom stereocenters. The van der Waals surface area contributed by atoms with Crippen LogP contribution in [0.5, 0.6) is 5.75 Å². The molecule has 0 aromatic heterocycles. The van der Waals surface area contributed by atoms with Crippen molar-refractivity contribution >= 4 is 27.5 Å². The molecule has 3 aromatic rings. The second kappa shape index (κ2) is 14.1. The van der Waals surface area contributed by atoms with Crippen molar-refractivity contribution in [2.75, 3.05) is 24.5 Å². The maximum Gasteiger partial charge on any atom is 0.264 e. The van der Waals surface area contributed by atoms with E-state index in [4.69, 9.17) is 4.74 Å². The van der Waals surface area contributed by atoms with E-state index in [0.717, 1.165) is 28.3 Å². The Morgan fingerprint density at radius 3 is 2.22 bits per heavy atom. The van der Waals surface area contributed by atoms with E-state index in [0.29, 0.717) is 12.1 Å². The molecule has 0 heterocycles. The summed E-state index contributed by atoms with van der Waals surface area (Å²) in [5, 5.41) is 2.84. The number of benzene rings is 3. The number of amides is 2. The summed E-state index contributed by atoms with van der Waals surface area (Å²) in [6, 6.07) is 16.1. The van der Waals surface area contributed by atoms with Crippen LogP contribution in [0.15, 0.2) is 71.6 Å². The highest BCUT2D eigenvalue weighted by atomic mass is 32.2. The Kier molecular flexibility index (Phi) is 10.9. The molecule has 10 heteroatoms. The summed E-state index contributed by atoms with van der Waals surface area (Å²) in [7, 11) is -2.81. The standard InChI is InChI=1S/C31H38FN3O5S/c1-6-7-18-33-31(37)24(4)34(20-25-11-13-26(32)14-12-25)30(36)21-35(28-19-23(3)10-17-29(28)40-5)41(38,39)27-15-8-22(2)9-16-27/h8-17,19,24H,6-7,18,20-21H2,1-5H3,(H,33,37). The van der Waals surface area contributed by atoms with Gasteiger partial charge in [-0.05, 0) is 74.7 Å². The van der Waals surface area contributed by atoms with Crippen molar-refractivity contribution in [2.45, 2.75) is 58.0 Å². The monoisotopic (exact) mass is 583 g/mol. The summed E-state index contributed by atoms with van der Waals surface area (Å²) in [6.45, 7) is 7.09. The average Bonchev–Trinajstić information content (AvgIpc) is 2.95. The topological polar surface area (TPSA) is 96.0 Å². The number of hydrogen-bond donors (Lipinski definition) is 1. The molecule has 41 heavy (non-hydrogen) atoms. The maximum atomic E-state index is 14.0. The van der Waals surface area contributed by atoms with E-state index in [1.165, 1.54) is 48.4 Å². The summed E-state index contributed by atoms with van der Waals surface area (Å²) < 4.78 is 48.2. The fraction of sp³-hybridized carbons (Fsp3) is 0.355. The Hall–Kier alpha value is -3.92. The summed E-state index contributed by atoms with van der Waals surface area (Å²) in [6.07, 6.45) is 1.66. The molecule has 1 N–H and O–H groups in total. The highest BCUT2D eigenvalue weighted by Crippen LogP contribution is 2.34. The molecule has 3 rings (SSSR count). The number of unbranched alkanes of at least 4 members (excludes halogenated alkanes) is 1. The van der Waals surface area contributed by atoms with E-state index >= 15 is 0 Å². The maximum absolute atomic E-state index is 14.0. The van der Waals surface area contributed by atoms with Gasteiger partial charge in [-0.3, -0.25) is 13.9 Å². The third-order valence-electron chi connectivity index (χ3n) is 6.75. The van der Waals surface area contributed by atoms with Crippen LogP contribution < -0.4 is 14.4 Å². The molecule has 220 valence electrons. The van der Waals surface area contributed by atoms with Crippen molar-refractivity contribution in [1.29, 1.82) is 0 Å². The number of nitrogens with one attached hydrogen (secondary N) is 1. The van der Waals surface area contributed by atoms with Crippen LogP contribution >= 0.6 is 0 Å². The molecule has 8 nitrogen and oxygen atoms in total. The number of anilines is 1. The third kappa shape index (κ3) is 8.07. The third-order valence-corrected chi connectivity index (χ3v) is 8.53. The van der Waals surface area contributed by atoms with E-state index in [1.54, 1.807) is 37.3 Å². The van der Waals surface area contributed by atoms with Gasteiger partial charge in [0.2, 0.25) is 11.8 Å². The Bertz CT molecular complexity index is 1440. The lowest BCUT2D eigenvalue weighted by Gasteiger charge is -2.32. The zero-order valence-electron chi connectivity index (χ0n) is 24.2. The van der Waals surface area contributed by atoms with Gasteiger partial charge < -0.3 is 15.0 Å². The quantitative estimate of drug-likeness (QED) is 0.287. The van der Waals surface area contributed by atoms with Gasteiger partial charge >= 0.3 is 0 Å². The van der Waals surface area contributed by atoms with Gasteiger partial charge in [0.05, 0.1) is 17.7 Å². The number of carbonyl (C=O) groups is 2. The van der Waals surface area contributed by atoms with Crippen molar-refractivity contribution in [1.82, 2.24) is 10.2 Å². The van der Waals surface area contributed by atoms with Gasteiger partial charge in [0, 0.05) is 13.1 Å². The summed E-state index contributed by atoms with van der Waals surface area (Å²) in [5.74, 6) is -1.13. The summed E-state index contributed by atoms with van der Waals surface area (Å²) in [4.78, 5) is 28.4. The van der Waals surface area contributed by atoms with E-state index in [9.17, 15) is 22.4 Å². The number of sulfonamides is 1. The van der Waals surface area contributed by atoms with Crippen LogP contribution in [0.3, 0.4) is 0 Å². The van der Waals surface area contributed by atoms with Gasteiger partial charge in [-0.2, -0.15) is 0 Å². The first-order chi connectivity index (χ1) is 19.5. The molecule has 0 aliphatic rings. The molecule has 0 spiro atoms. The molecule has 0 fully saturated rings. The van der Waals surface area contributed by atoms with Gasteiger partial charge in [0.25, 0.3) is 10.0 Å². The molecular weight excluding hydrogens is 545 g/mol. The van der Waals surface area contributed by atoms with Crippen LogP contribution in [0.25, 0.3) is 0 Å². The van der Waals surface area contributed by atoms with Gasteiger partial charge in [0.15, 0.2) is 0 Å². The number of methoxy groups -OCH3 is 1. The van der Waals surface area contributed by atoms with Crippen molar-refractivity contribution in [3.63, 3.8) is 0 Å². The molecule has 0 saturated carbocycles.